The molecule has 0 aromatic heterocycles. The van der Waals surface area contributed by atoms with Gasteiger partial charge in [0.15, 0.2) is 0 Å². The summed E-state index contributed by atoms with van der Waals surface area (Å²) in [7, 11) is 1.72. The van der Waals surface area contributed by atoms with Gasteiger partial charge in [0.25, 0.3) is 0 Å². The van der Waals surface area contributed by atoms with Crippen LogP contribution in [0.5, 0.6) is 0 Å². The van der Waals surface area contributed by atoms with Crippen LogP contribution in [0.4, 0.5) is 0 Å². The lowest BCUT2D eigenvalue weighted by molar-refractivity contribution is -0.144. The standard InChI is InChI=1S/C10H19NO3/c1-8(9(12)13)11-6-4-10(2,14-3)5-7-11/h8H,4-7H2,1-3H3,(H,12,13). The Morgan fingerprint density at radius 2 is 2.00 bits per heavy atom. The van der Waals surface area contributed by atoms with Gasteiger partial charge in [-0.2, -0.15) is 0 Å². The number of likely N-dealkylation sites (tertiary alicyclic amines) is 1. The van der Waals surface area contributed by atoms with Gasteiger partial charge in [-0.3, -0.25) is 9.69 Å². The van der Waals surface area contributed by atoms with E-state index in [2.05, 4.69) is 6.92 Å². The molecule has 1 fully saturated rings. The largest absolute Gasteiger partial charge is 0.480 e. The zero-order valence-corrected chi connectivity index (χ0v) is 9.12. The van der Waals surface area contributed by atoms with Crippen LogP contribution in [-0.2, 0) is 9.53 Å². The van der Waals surface area contributed by atoms with Crippen molar-refractivity contribution < 1.29 is 14.6 Å². The van der Waals surface area contributed by atoms with E-state index in [1.54, 1.807) is 14.0 Å². The molecule has 0 spiro atoms. The number of carbonyl (C=O) groups is 1. The van der Waals surface area contributed by atoms with Gasteiger partial charge in [0.1, 0.15) is 6.04 Å². The highest BCUT2D eigenvalue weighted by atomic mass is 16.5. The van der Waals surface area contributed by atoms with Crippen LogP contribution < -0.4 is 0 Å². The van der Waals surface area contributed by atoms with Gasteiger partial charge in [-0.15, -0.1) is 0 Å². The maximum Gasteiger partial charge on any atom is 0.320 e. The van der Waals surface area contributed by atoms with Crippen molar-refractivity contribution in [1.29, 1.82) is 0 Å². The van der Waals surface area contributed by atoms with Crippen LogP contribution in [0.25, 0.3) is 0 Å². The predicted octanol–water partition coefficient (Wildman–Crippen LogP) is 0.960. The van der Waals surface area contributed by atoms with Gasteiger partial charge in [0.05, 0.1) is 5.60 Å². The van der Waals surface area contributed by atoms with Crippen LogP contribution in [0.1, 0.15) is 26.7 Å². The van der Waals surface area contributed by atoms with Gasteiger partial charge >= 0.3 is 5.97 Å². The summed E-state index contributed by atoms with van der Waals surface area (Å²) in [6, 6.07) is -0.378. The van der Waals surface area contributed by atoms with Crippen LogP contribution in [0.3, 0.4) is 0 Å². The highest BCUT2D eigenvalue weighted by Crippen LogP contribution is 2.25. The Balaban J connectivity index is 2.47. The van der Waals surface area contributed by atoms with E-state index in [4.69, 9.17) is 9.84 Å². The Labute approximate surface area is 84.8 Å². The molecule has 1 N–H and O–H groups in total. The lowest BCUT2D eigenvalue weighted by atomic mass is 9.92. The lowest BCUT2D eigenvalue weighted by Gasteiger charge is -2.39. The summed E-state index contributed by atoms with van der Waals surface area (Å²) in [5.41, 5.74) is -0.0608. The fraction of sp³-hybridized carbons (Fsp3) is 0.900. The smallest absolute Gasteiger partial charge is 0.320 e. The van der Waals surface area contributed by atoms with E-state index in [9.17, 15) is 4.79 Å². The molecule has 1 rings (SSSR count). The molecule has 0 bridgehead atoms. The minimum atomic E-state index is -0.744. The molecule has 1 aliphatic rings. The number of ether oxygens (including phenoxy) is 1. The maximum atomic E-state index is 10.8. The molecule has 1 heterocycles. The van der Waals surface area contributed by atoms with Crippen molar-refractivity contribution in [3.8, 4) is 0 Å². The van der Waals surface area contributed by atoms with Crippen molar-refractivity contribution in [2.45, 2.75) is 38.3 Å². The predicted molar refractivity (Wildman–Crippen MR) is 53.3 cm³/mol. The second kappa shape index (κ2) is 4.28. The van der Waals surface area contributed by atoms with Crippen LogP contribution in [-0.4, -0.2) is 47.8 Å². The Morgan fingerprint density at radius 1 is 1.50 bits per heavy atom. The van der Waals surface area contributed by atoms with E-state index in [0.29, 0.717) is 0 Å². The highest BCUT2D eigenvalue weighted by Gasteiger charge is 2.33. The van der Waals surface area contributed by atoms with E-state index >= 15 is 0 Å². The summed E-state index contributed by atoms with van der Waals surface area (Å²) < 4.78 is 5.39. The first-order chi connectivity index (χ1) is 6.48. The molecule has 0 aromatic carbocycles. The van der Waals surface area contributed by atoms with Crippen molar-refractivity contribution in [2.75, 3.05) is 20.2 Å². The van der Waals surface area contributed by atoms with E-state index in [-0.39, 0.29) is 11.6 Å². The summed E-state index contributed by atoms with van der Waals surface area (Å²) in [5.74, 6) is -0.744. The number of carboxylic acid groups (broad SMARTS) is 1. The highest BCUT2D eigenvalue weighted by molar-refractivity contribution is 5.72. The third kappa shape index (κ3) is 2.45. The monoisotopic (exact) mass is 201 g/mol. The summed E-state index contributed by atoms with van der Waals surface area (Å²) >= 11 is 0. The molecule has 82 valence electrons. The van der Waals surface area contributed by atoms with Gasteiger partial charge in [-0.05, 0) is 26.7 Å². The molecule has 4 nitrogen and oxygen atoms in total. The number of hydrogen-bond acceptors (Lipinski definition) is 3. The normalized spacial score (nSPS) is 24.5. The molecule has 0 aliphatic carbocycles. The van der Waals surface area contributed by atoms with Crippen LogP contribution in [0, 0.1) is 0 Å². The van der Waals surface area contributed by atoms with E-state index in [1.165, 1.54) is 0 Å². The van der Waals surface area contributed by atoms with E-state index < -0.39 is 5.97 Å². The average molecular weight is 201 g/mol. The molecule has 1 unspecified atom stereocenters. The first kappa shape index (κ1) is 11.5. The Kier molecular flexibility index (Phi) is 3.50. The topological polar surface area (TPSA) is 49.8 Å². The summed E-state index contributed by atoms with van der Waals surface area (Å²) in [6.45, 7) is 5.42. The van der Waals surface area contributed by atoms with Gasteiger partial charge in [0.2, 0.25) is 0 Å². The summed E-state index contributed by atoms with van der Waals surface area (Å²) in [6.07, 6.45) is 1.81. The summed E-state index contributed by atoms with van der Waals surface area (Å²) in [4.78, 5) is 12.7. The average Bonchev–Trinajstić information content (AvgIpc) is 2.18. The van der Waals surface area contributed by atoms with Crippen molar-refractivity contribution in [1.82, 2.24) is 4.90 Å². The van der Waals surface area contributed by atoms with Gasteiger partial charge in [-0.1, -0.05) is 0 Å². The molecule has 0 aromatic rings. The molecule has 1 atom stereocenters. The second-order valence-corrected chi connectivity index (χ2v) is 4.20. The minimum Gasteiger partial charge on any atom is -0.480 e. The molecular formula is C10H19NO3. The Morgan fingerprint density at radius 3 is 2.36 bits per heavy atom. The van der Waals surface area contributed by atoms with Gasteiger partial charge in [0, 0.05) is 20.2 Å². The summed E-state index contributed by atoms with van der Waals surface area (Å²) in [5, 5.41) is 8.85. The number of aliphatic carboxylic acids is 1. The molecule has 4 heteroatoms. The first-order valence-corrected chi connectivity index (χ1v) is 5.00. The number of hydrogen-bond donors (Lipinski definition) is 1. The zero-order valence-electron chi connectivity index (χ0n) is 9.12. The van der Waals surface area contributed by atoms with Crippen molar-refractivity contribution in [3.05, 3.63) is 0 Å². The van der Waals surface area contributed by atoms with E-state index in [0.717, 1.165) is 25.9 Å². The molecular weight excluding hydrogens is 182 g/mol. The Bertz CT molecular complexity index is 209. The molecule has 1 saturated heterocycles. The van der Waals surface area contributed by atoms with Crippen LogP contribution in [0.15, 0.2) is 0 Å². The van der Waals surface area contributed by atoms with Crippen molar-refractivity contribution in [2.24, 2.45) is 0 Å². The fourth-order valence-corrected chi connectivity index (χ4v) is 1.74. The maximum absolute atomic E-state index is 10.8. The SMILES string of the molecule is COC1(C)CCN(C(C)C(=O)O)CC1. The first-order valence-electron chi connectivity index (χ1n) is 5.00. The third-order valence-corrected chi connectivity index (χ3v) is 3.25. The number of piperidine rings is 1. The molecule has 0 radical (unpaired) electrons. The quantitative estimate of drug-likeness (QED) is 0.739. The number of carboxylic acids is 1. The molecule has 0 saturated carbocycles. The van der Waals surface area contributed by atoms with Crippen LogP contribution in [0.2, 0.25) is 0 Å². The molecule has 14 heavy (non-hydrogen) atoms. The van der Waals surface area contributed by atoms with Gasteiger partial charge < -0.3 is 9.84 Å². The molecule has 0 amide bonds. The third-order valence-electron chi connectivity index (χ3n) is 3.25. The van der Waals surface area contributed by atoms with Crippen molar-refractivity contribution in [3.63, 3.8) is 0 Å². The lowest BCUT2D eigenvalue weighted by Crippen LogP contribution is -2.49. The zero-order chi connectivity index (χ0) is 10.8. The van der Waals surface area contributed by atoms with E-state index in [1.807, 2.05) is 4.90 Å². The van der Waals surface area contributed by atoms with Gasteiger partial charge in [-0.25, -0.2) is 0 Å². The van der Waals surface area contributed by atoms with Crippen LogP contribution >= 0.6 is 0 Å². The number of rotatable bonds is 3. The number of nitrogens with zero attached hydrogens (tertiary/aromatic N) is 1. The second-order valence-electron chi connectivity index (χ2n) is 4.20. The Hall–Kier alpha value is -0.610. The number of methoxy groups -OCH3 is 1. The minimum absolute atomic E-state index is 0.0608. The fourth-order valence-electron chi connectivity index (χ4n) is 1.74. The molecule has 1 aliphatic heterocycles. The van der Waals surface area contributed by atoms with Crippen molar-refractivity contribution >= 4 is 5.97 Å².